The third kappa shape index (κ3) is 8.15. The van der Waals surface area contributed by atoms with E-state index < -0.39 is 28.5 Å². The fourth-order valence-electron chi connectivity index (χ4n) is 3.45. The van der Waals surface area contributed by atoms with Gasteiger partial charge in [-0.05, 0) is 49.6 Å². The van der Waals surface area contributed by atoms with Crippen molar-refractivity contribution in [3.8, 4) is 0 Å². The van der Waals surface area contributed by atoms with Crippen LogP contribution in [0.4, 0.5) is 5.69 Å². The van der Waals surface area contributed by atoms with Gasteiger partial charge in [0.25, 0.3) is 0 Å². The van der Waals surface area contributed by atoms with Gasteiger partial charge in [0, 0.05) is 17.6 Å². The van der Waals surface area contributed by atoms with Crippen molar-refractivity contribution in [2.45, 2.75) is 52.2 Å². The highest BCUT2D eigenvalue weighted by molar-refractivity contribution is 7.92. The Labute approximate surface area is 232 Å². The minimum atomic E-state index is -3.97. The van der Waals surface area contributed by atoms with E-state index in [2.05, 4.69) is 5.32 Å². The molecule has 0 aliphatic heterocycles. The van der Waals surface area contributed by atoms with Crippen molar-refractivity contribution in [2.75, 3.05) is 17.1 Å². The Bertz CT molecular complexity index is 1190. The summed E-state index contributed by atoms with van der Waals surface area (Å²) in [6, 6.07) is 8.50. The highest BCUT2D eigenvalue weighted by atomic mass is 35.5. The number of carbonyl (C=O) groups is 2. The van der Waals surface area contributed by atoms with Crippen LogP contribution < -0.4 is 9.62 Å². The minimum absolute atomic E-state index is 0.00506. The van der Waals surface area contributed by atoms with E-state index >= 15 is 0 Å². The Morgan fingerprint density at radius 2 is 1.53 bits per heavy atom. The lowest BCUT2D eigenvalue weighted by atomic mass is 10.1. The third-order valence-electron chi connectivity index (χ3n) is 5.59. The van der Waals surface area contributed by atoms with Crippen LogP contribution >= 0.6 is 46.4 Å². The monoisotopic (exact) mass is 595 g/mol. The molecule has 1 N–H and O–H groups in total. The summed E-state index contributed by atoms with van der Waals surface area (Å²) in [5, 5.41) is 3.66. The van der Waals surface area contributed by atoms with E-state index in [1.165, 1.54) is 17.0 Å². The minimum Gasteiger partial charge on any atom is -0.352 e. The maximum atomic E-state index is 13.7. The Morgan fingerprint density at radius 1 is 0.944 bits per heavy atom. The van der Waals surface area contributed by atoms with Crippen molar-refractivity contribution in [2.24, 2.45) is 0 Å². The molecule has 0 bridgehead atoms. The molecule has 0 saturated carbocycles. The second-order valence-electron chi connectivity index (χ2n) is 8.38. The molecule has 36 heavy (non-hydrogen) atoms. The van der Waals surface area contributed by atoms with Crippen LogP contribution in [0.5, 0.6) is 0 Å². The predicted molar refractivity (Wildman–Crippen MR) is 148 cm³/mol. The van der Waals surface area contributed by atoms with Crippen LogP contribution in [-0.4, -0.2) is 50.0 Å². The lowest BCUT2D eigenvalue weighted by Crippen LogP contribution is -2.53. The molecule has 2 amide bonds. The number of halogens is 4. The Kier molecular flexibility index (Phi) is 11.2. The van der Waals surface area contributed by atoms with Gasteiger partial charge >= 0.3 is 0 Å². The molecule has 0 spiro atoms. The Hall–Kier alpha value is -1.71. The molecule has 0 saturated heterocycles. The van der Waals surface area contributed by atoms with Crippen LogP contribution in [0.3, 0.4) is 0 Å². The number of benzene rings is 2. The quantitative estimate of drug-likeness (QED) is 0.333. The van der Waals surface area contributed by atoms with Gasteiger partial charge in [-0.1, -0.05) is 72.4 Å². The average molecular weight is 597 g/mol. The van der Waals surface area contributed by atoms with Crippen LogP contribution in [0.2, 0.25) is 20.1 Å². The normalized spacial score (nSPS) is 13.1. The molecule has 0 unspecified atom stereocenters. The average Bonchev–Trinajstić information content (AvgIpc) is 2.80. The first-order chi connectivity index (χ1) is 16.8. The highest BCUT2D eigenvalue weighted by Crippen LogP contribution is 2.35. The molecule has 198 valence electrons. The number of hydrogen-bond donors (Lipinski definition) is 1. The first-order valence-corrected chi connectivity index (χ1v) is 14.6. The zero-order chi connectivity index (χ0) is 27.2. The first kappa shape index (κ1) is 30.5. The molecule has 0 aliphatic rings. The lowest BCUT2D eigenvalue weighted by Gasteiger charge is -2.33. The summed E-state index contributed by atoms with van der Waals surface area (Å²) in [6.45, 7) is 5.06. The topological polar surface area (TPSA) is 86.8 Å². The number of sulfonamides is 1. The summed E-state index contributed by atoms with van der Waals surface area (Å²) in [7, 11) is -3.97. The van der Waals surface area contributed by atoms with Gasteiger partial charge in [0.2, 0.25) is 21.8 Å². The van der Waals surface area contributed by atoms with E-state index in [4.69, 9.17) is 46.4 Å². The van der Waals surface area contributed by atoms with Gasteiger partial charge in [0.15, 0.2) is 0 Å². The molecular weight excluding hydrogens is 568 g/mol. The molecule has 7 nitrogen and oxygen atoms in total. The van der Waals surface area contributed by atoms with Crippen molar-refractivity contribution in [3.63, 3.8) is 0 Å². The zero-order valence-electron chi connectivity index (χ0n) is 20.4. The van der Waals surface area contributed by atoms with Crippen LogP contribution in [0, 0.1) is 0 Å². The second-order valence-corrected chi connectivity index (χ2v) is 11.9. The summed E-state index contributed by atoms with van der Waals surface area (Å²) in [5.74, 6) is -0.920. The molecule has 2 aromatic rings. The Balaban J connectivity index is 2.50. The van der Waals surface area contributed by atoms with E-state index in [9.17, 15) is 18.0 Å². The molecule has 0 aromatic heterocycles. The van der Waals surface area contributed by atoms with Gasteiger partial charge in [0.1, 0.15) is 12.6 Å². The smallest absolute Gasteiger partial charge is 0.244 e. The number of nitrogens with zero attached hydrogens (tertiary/aromatic N) is 2. The van der Waals surface area contributed by atoms with Crippen molar-refractivity contribution in [3.05, 3.63) is 62.1 Å². The van der Waals surface area contributed by atoms with Crippen molar-refractivity contribution >= 4 is 73.9 Å². The fraction of sp³-hybridized carbons (Fsp3) is 0.417. The molecule has 0 aliphatic carbocycles. The molecule has 0 heterocycles. The third-order valence-corrected chi connectivity index (χ3v) is 7.99. The SMILES string of the molecule is CC[C@@H](C)NC(=O)[C@@H](CC)N(Cc1ccc(Cl)cc1)C(=O)CN(c1cc(Cl)c(Cl)cc1Cl)S(C)(=O)=O. The van der Waals surface area contributed by atoms with E-state index in [0.717, 1.165) is 16.1 Å². The fourth-order valence-corrected chi connectivity index (χ4v) is 5.12. The number of rotatable bonds is 11. The van der Waals surface area contributed by atoms with Crippen molar-refractivity contribution in [1.29, 1.82) is 0 Å². The molecule has 12 heteroatoms. The lowest BCUT2D eigenvalue weighted by molar-refractivity contribution is -0.140. The summed E-state index contributed by atoms with van der Waals surface area (Å²) in [6.07, 6.45) is 1.98. The van der Waals surface area contributed by atoms with Gasteiger partial charge in [-0.2, -0.15) is 0 Å². The summed E-state index contributed by atoms with van der Waals surface area (Å²) in [5.41, 5.74) is 0.728. The largest absolute Gasteiger partial charge is 0.352 e. The molecule has 0 radical (unpaired) electrons. The number of hydrogen-bond acceptors (Lipinski definition) is 4. The van der Waals surface area contributed by atoms with Crippen LogP contribution in [-0.2, 0) is 26.2 Å². The number of amides is 2. The van der Waals surface area contributed by atoms with E-state index in [0.29, 0.717) is 17.9 Å². The van der Waals surface area contributed by atoms with Gasteiger partial charge in [0.05, 0.1) is 27.0 Å². The predicted octanol–water partition coefficient (Wildman–Crippen LogP) is 5.79. The Morgan fingerprint density at radius 3 is 2.06 bits per heavy atom. The van der Waals surface area contributed by atoms with Crippen LogP contribution in [0.15, 0.2) is 36.4 Å². The summed E-state index contributed by atoms with van der Waals surface area (Å²) >= 11 is 24.4. The van der Waals surface area contributed by atoms with Crippen LogP contribution in [0.25, 0.3) is 0 Å². The second kappa shape index (κ2) is 13.2. The molecule has 2 aromatic carbocycles. The molecule has 2 atom stereocenters. The van der Waals surface area contributed by atoms with Gasteiger partial charge in [-0.25, -0.2) is 8.42 Å². The highest BCUT2D eigenvalue weighted by Gasteiger charge is 2.33. The number of nitrogens with one attached hydrogen (secondary N) is 1. The zero-order valence-corrected chi connectivity index (χ0v) is 24.2. The van der Waals surface area contributed by atoms with Crippen molar-refractivity contribution < 1.29 is 18.0 Å². The molecular formula is C24H29Cl4N3O4S. The van der Waals surface area contributed by atoms with Gasteiger partial charge in [-0.15, -0.1) is 0 Å². The molecule has 0 fully saturated rings. The maximum Gasteiger partial charge on any atom is 0.244 e. The van der Waals surface area contributed by atoms with Crippen molar-refractivity contribution in [1.82, 2.24) is 10.2 Å². The maximum absolute atomic E-state index is 13.7. The number of carbonyl (C=O) groups excluding carboxylic acids is 2. The van der Waals surface area contributed by atoms with E-state index in [1.54, 1.807) is 31.2 Å². The first-order valence-electron chi connectivity index (χ1n) is 11.2. The van der Waals surface area contributed by atoms with E-state index in [1.807, 2.05) is 13.8 Å². The number of anilines is 1. The molecule has 2 rings (SSSR count). The van der Waals surface area contributed by atoms with Gasteiger partial charge in [-0.3, -0.25) is 13.9 Å². The van der Waals surface area contributed by atoms with Crippen LogP contribution in [0.1, 0.15) is 39.2 Å². The standard InChI is InChI=1S/C24H29Cl4N3O4S/c1-5-15(3)29-24(33)21(6-2)30(13-16-7-9-17(25)10-8-16)23(32)14-31(36(4,34)35)22-12-19(27)18(26)11-20(22)28/h7-12,15,21H,5-6,13-14H2,1-4H3,(H,29,33)/t15-,21-/m1/s1. The summed E-state index contributed by atoms with van der Waals surface area (Å²) < 4.78 is 26.3. The van der Waals surface area contributed by atoms with Gasteiger partial charge < -0.3 is 10.2 Å². The van der Waals surface area contributed by atoms with E-state index in [-0.39, 0.29) is 39.2 Å². The summed E-state index contributed by atoms with van der Waals surface area (Å²) in [4.78, 5) is 28.2.